The van der Waals surface area contributed by atoms with Crippen LogP contribution in [0.5, 0.6) is 0 Å². The molecule has 1 saturated carbocycles. The van der Waals surface area contributed by atoms with Crippen LogP contribution in [0.15, 0.2) is 10.5 Å². The molecule has 8 nitrogen and oxygen atoms in total. The number of esters is 2. The Bertz CT molecular complexity index is 674. The number of aromatic nitrogens is 1. The van der Waals surface area contributed by atoms with E-state index in [-0.39, 0.29) is 23.1 Å². The van der Waals surface area contributed by atoms with Crippen molar-refractivity contribution >= 4 is 34.1 Å². The lowest BCUT2D eigenvalue weighted by Gasteiger charge is -2.38. The number of carbonyl (C=O) groups is 2. The molecule has 25 heavy (non-hydrogen) atoms. The minimum Gasteiger partial charge on any atom is -0.461 e. The number of hydrogen-bond acceptors (Lipinski definition) is 9. The highest BCUT2D eigenvalue weighted by atomic mass is 32.1. The number of nitrogens with zero attached hydrogens (tertiary/aromatic N) is 2. The number of carbonyl (C=O) groups excluding carboxylic acids is 2. The number of ether oxygens (including phenoxy) is 2. The van der Waals surface area contributed by atoms with Gasteiger partial charge in [-0.2, -0.15) is 0 Å². The lowest BCUT2D eigenvalue weighted by Crippen LogP contribution is -2.50. The van der Waals surface area contributed by atoms with Crippen molar-refractivity contribution in [3.8, 4) is 0 Å². The van der Waals surface area contributed by atoms with Crippen LogP contribution < -0.4 is 5.73 Å². The molecule has 0 spiro atoms. The molecule has 1 aromatic heterocycles. The van der Waals surface area contributed by atoms with Gasteiger partial charge in [0.15, 0.2) is 5.13 Å². The van der Waals surface area contributed by atoms with Crippen LogP contribution in [0.3, 0.4) is 0 Å². The van der Waals surface area contributed by atoms with E-state index in [9.17, 15) is 9.59 Å². The van der Waals surface area contributed by atoms with Crippen LogP contribution in [0.2, 0.25) is 0 Å². The van der Waals surface area contributed by atoms with Crippen molar-refractivity contribution < 1.29 is 23.9 Å². The highest BCUT2D eigenvalue weighted by Gasteiger charge is 2.50. The molecule has 0 aliphatic heterocycles. The maximum atomic E-state index is 12.4. The van der Waals surface area contributed by atoms with Crippen LogP contribution >= 0.6 is 11.3 Å². The van der Waals surface area contributed by atoms with E-state index in [1.807, 2.05) is 0 Å². The molecule has 0 atom stereocenters. The molecule has 9 heteroatoms. The fourth-order valence-corrected chi connectivity index (χ4v) is 2.67. The summed E-state index contributed by atoms with van der Waals surface area (Å²) in [6.45, 7) is 7.20. The van der Waals surface area contributed by atoms with Crippen molar-refractivity contribution in [2.45, 2.75) is 58.2 Å². The number of oxime groups is 1. The van der Waals surface area contributed by atoms with Crippen LogP contribution in [0.25, 0.3) is 0 Å². The Morgan fingerprint density at radius 3 is 2.52 bits per heavy atom. The molecule has 1 fully saturated rings. The number of anilines is 1. The SMILES string of the molecule is CCOC(=O)/C(=N/OC1(C(=O)OC(C)(C)C)CCC1)c1csc(N)n1. The van der Waals surface area contributed by atoms with Crippen molar-refractivity contribution in [3.05, 3.63) is 11.1 Å². The first-order valence-electron chi connectivity index (χ1n) is 8.05. The zero-order chi connectivity index (χ0) is 18.7. The second-order valence-electron chi connectivity index (χ2n) is 6.67. The summed E-state index contributed by atoms with van der Waals surface area (Å²) in [5, 5.41) is 5.77. The summed E-state index contributed by atoms with van der Waals surface area (Å²) in [5.74, 6) is -1.18. The van der Waals surface area contributed by atoms with Gasteiger partial charge < -0.3 is 20.0 Å². The molecular formula is C16H23N3O5S. The molecule has 0 saturated heterocycles. The molecule has 2 N–H and O–H groups in total. The van der Waals surface area contributed by atoms with Gasteiger partial charge in [0, 0.05) is 18.2 Å². The number of thiazole rings is 1. The third-order valence-electron chi connectivity index (χ3n) is 3.48. The van der Waals surface area contributed by atoms with Gasteiger partial charge in [-0.1, -0.05) is 5.16 Å². The predicted molar refractivity (Wildman–Crippen MR) is 93.2 cm³/mol. The maximum Gasteiger partial charge on any atom is 0.362 e. The van der Waals surface area contributed by atoms with E-state index >= 15 is 0 Å². The molecule has 0 unspecified atom stereocenters. The third kappa shape index (κ3) is 4.68. The molecule has 1 heterocycles. The standard InChI is InChI=1S/C16H23N3O5S/c1-5-22-12(20)11(10-9-25-14(17)18-10)19-24-16(7-6-8-16)13(21)23-15(2,3)4/h9H,5-8H2,1-4H3,(H2,17,18)/b19-11+. The van der Waals surface area contributed by atoms with Gasteiger partial charge in [-0.05, 0) is 34.1 Å². The Morgan fingerprint density at radius 2 is 2.08 bits per heavy atom. The molecule has 0 radical (unpaired) electrons. The van der Waals surface area contributed by atoms with Crippen LogP contribution in [0, 0.1) is 0 Å². The minimum absolute atomic E-state index is 0.121. The van der Waals surface area contributed by atoms with Gasteiger partial charge in [0.25, 0.3) is 0 Å². The summed E-state index contributed by atoms with van der Waals surface area (Å²) < 4.78 is 10.4. The van der Waals surface area contributed by atoms with E-state index in [1.54, 1.807) is 33.1 Å². The summed E-state index contributed by atoms with van der Waals surface area (Å²) in [7, 11) is 0. The summed E-state index contributed by atoms with van der Waals surface area (Å²) in [6, 6.07) is 0. The van der Waals surface area contributed by atoms with Crippen LogP contribution in [-0.2, 0) is 23.9 Å². The number of nitrogens with two attached hydrogens (primary N) is 1. The second kappa shape index (κ2) is 7.38. The van der Waals surface area contributed by atoms with E-state index < -0.39 is 23.1 Å². The largest absolute Gasteiger partial charge is 0.461 e. The Balaban J connectivity index is 2.23. The highest BCUT2D eigenvalue weighted by Crippen LogP contribution is 2.38. The third-order valence-corrected chi connectivity index (χ3v) is 4.15. The van der Waals surface area contributed by atoms with Crippen molar-refractivity contribution in [2.24, 2.45) is 5.16 Å². The Morgan fingerprint density at radius 1 is 1.40 bits per heavy atom. The van der Waals surface area contributed by atoms with Crippen molar-refractivity contribution in [1.29, 1.82) is 0 Å². The van der Waals surface area contributed by atoms with Gasteiger partial charge in [-0.3, -0.25) is 0 Å². The lowest BCUT2D eigenvalue weighted by molar-refractivity contribution is -0.196. The molecule has 1 aliphatic rings. The average molecular weight is 369 g/mol. The van der Waals surface area contributed by atoms with Crippen molar-refractivity contribution in [2.75, 3.05) is 12.3 Å². The van der Waals surface area contributed by atoms with E-state index in [0.717, 1.165) is 6.42 Å². The van der Waals surface area contributed by atoms with Gasteiger partial charge in [0.05, 0.1) is 6.61 Å². The molecule has 1 aromatic rings. The topological polar surface area (TPSA) is 113 Å². The molecule has 0 bridgehead atoms. The first-order valence-corrected chi connectivity index (χ1v) is 8.93. The first kappa shape index (κ1) is 19.2. The van der Waals surface area contributed by atoms with Gasteiger partial charge in [-0.25, -0.2) is 14.6 Å². The molecule has 0 aromatic carbocycles. The molecular weight excluding hydrogens is 346 g/mol. The van der Waals surface area contributed by atoms with Gasteiger partial charge in [0.1, 0.15) is 11.3 Å². The fourth-order valence-electron chi connectivity index (χ4n) is 2.12. The van der Waals surface area contributed by atoms with Gasteiger partial charge in [-0.15, -0.1) is 11.3 Å². The van der Waals surface area contributed by atoms with E-state index in [0.29, 0.717) is 12.8 Å². The zero-order valence-electron chi connectivity index (χ0n) is 14.8. The molecule has 138 valence electrons. The number of nitrogen functional groups attached to an aromatic ring is 1. The smallest absolute Gasteiger partial charge is 0.362 e. The van der Waals surface area contributed by atoms with Crippen LogP contribution in [0.1, 0.15) is 52.7 Å². The minimum atomic E-state index is -1.17. The number of hydrogen-bond donors (Lipinski definition) is 1. The normalized spacial score (nSPS) is 16.7. The Hall–Kier alpha value is -2.16. The first-order chi connectivity index (χ1) is 11.7. The van der Waals surface area contributed by atoms with Crippen molar-refractivity contribution in [3.63, 3.8) is 0 Å². The summed E-state index contributed by atoms with van der Waals surface area (Å²) >= 11 is 1.17. The molecule has 2 rings (SSSR count). The maximum absolute atomic E-state index is 12.4. The summed E-state index contributed by atoms with van der Waals surface area (Å²) in [4.78, 5) is 34.1. The molecule has 1 aliphatic carbocycles. The fraction of sp³-hybridized carbons (Fsp3) is 0.625. The predicted octanol–water partition coefficient (Wildman–Crippen LogP) is 2.27. The Kier molecular flexibility index (Phi) is 5.66. The monoisotopic (exact) mass is 369 g/mol. The zero-order valence-corrected chi connectivity index (χ0v) is 15.6. The van der Waals surface area contributed by atoms with E-state index in [4.69, 9.17) is 20.0 Å². The number of rotatable bonds is 6. The lowest BCUT2D eigenvalue weighted by atomic mass is 9.80. The highest BCUT2D eigenvalue weighted by molar-refractivity contribution is 7.13. The van der Waals surface area contributed by atoms with Gasteiger partial charge in [0.2, 0.25) is 11.3 Å². The average Bonchev–Trinajstić information content (AvgIpc) is 2.86. The van der Waals surface area contributed by atoms with Crippen molar-refractivity contribution in [1.82, 2.24) is 4.98 Å². The van der Waals surface area contributed by atoms with Gasteiger partial charge >= 0.3 is 11.9 Å². The summed E-state index contributed by atoms with van der Waals surface area (Å²) in [5.41, 5.74) is 3.93. The van der Waals surface area contributed by atoms with E-state index in [1.165, 1.54) is 11.3 Å². The Labute approximate surface area is 150 Å². The molecule has 0 amide bonds. The van der Waals surface area contributed by atoms with Crippen LogP contribution in [-0.4, -0.2) is 40.4 Å². The quantitative estimate of drug-likeness (QED) is 0.465. The second-order valence-corrected chi connectivity index (χ2v) is 7.56. The van der Waals surface area contributed by atoms with E-state index in [2.05, 4.69) is 10.1 Å². The van der Waals surface area contributed by atoms with Crippen LogP contribution in [0.4, 0.5) is 5.13 Å². The summed E-state index contributed by atoms with van der Waals surface area (Å²) in [6.07, 6.45) is 1.76.